The van der Waals surface area contributed by atoms with Crippen LogP contribution in [-0.4, -0.2) is 45.9 Å². The van der Waals surface area contributed by atoms with E-state index >= 15 is 0 Å². The first-order valence-electron chi connectivity index (χ1n) is 10.3. The minimum Gasteiger partial charge on any atom is -0.497 e. The molecule has 1 aliphatic heterocycles. The average Bonchev–Trinajstić information content (AvgIpc) is 3.24. The van der Waals surface area contributed by atoms with Crippen LogP contribution in [0.3, 0.4) is 0 Å². The molecule has 2 atom stereocenters. The largest absolute Gasteiger partial charge is 0.497 e. The van der Waals surface area contributed by atoms with Gasteiger partial charge in [-0.3, -0.25) is 4.99 Å². The third kappa shape index (κ3) is 6.39. The monoisotopic (exact) mass is 397 g/mol. The van der Waals surface area contributed by atoms with Crippen LogP contribution in [0.15, 0.2) is 59.6 Å². The van der Waals surface area contributed by atoms with Gasteiger partial charge in [-0.05, 0) is 43.2 Å². The summed E-state index contributed by atoms with van der Waals surface area (Å²) in [6.45, 7) is 5.62. The number of rotatable bonds is 9. The highest BCUT2D eigenvalue weighted by Gasteiger charge is 2.29. The van der Waals surface area contributed by atoms with E-state index in [-0.39, 0.29) is 6.10 Å². The topological polar surface area (TPSA) is 64.1 Å². The molecule has 0 radical (unpaired) electrons. The molecular weight excluding hydrogens is 366 g/mol. The molecule has 0 amide bonds. The molecule has 2 aromatic carbocycles. The molecule has 0 spiro atoms. The number of hydrogen-bond acceptors (Lipinski definition) is 4. The van der Waals surface area contributed by atoms with Gasteiger partial charge in [0.15, 0.2) is 5.96 Å². The van der Waals surface area contributed by atoms with Crippen molar-refractivity contribution in [2.45, 2.75) is 19.4 Å². The van der Waals surface area contributed by atoms with Crippen LogP contribution < -0.4 is 20.1 Å². The number of methoxy groups -OCH3 is 1. The van der Waals surface area contributed by atoms with E-state index in [1.54, 1.807) is 7.11 Å². The molecule has 1 aliphatic rings. The Labute approximate surface area is 173 Å². The highest BCUT2D eigenvalue weighted by atomic mass is 16.5. The molecule has 29 heavy (non-hydrogen) atoms. The molecule has 6 nitrogen and oxygen atoms in total. The van der Waals surface area contributed by atoms with Crippen molar-refractivity contribution in [3.63, 3.8) is 0 Å². The first kappa shape index (κ1) is 21.0. The smallest absolute Gasteiger partial charge is 0.191 e. The summed E-state index contributed by atoms with van der Waals surface area (Å²) in [5.74, 6) is 2.85. The minimum absolute atomic E-state index is 0.126. The van der Waals surface area contributed by atoms with E-state index < -0.39 is 0 Å². The van der Waals surface area contributed by atoms with Gasteiger partial charge in [-0.1, -0.05) is 30.3 Å². The second kappa shape index (κ2) is 11.3. The quantitative estimate of drug-likeness (QED) is 0.386. The minimum atomic E-state index is 0.126. The Morgan fingerprint density at radius 1 is 1.07 bits per heavy atom. The molecule has 1 fully saturated rings. The number of ether oxygens (including phenoxy) is 3. The Morgan fingerprint density at radius 3 is 2.55 bits per heavy atom. The van der Waals surface area contributed by atoms with Crippen molar-refractivity contribution in [2.75, 3.05) is 40.0 Å². The van der Waals surface area contributed by atoms with Gasteiger partial charge in [0.05, 0.1) is 19.8 Å². The van der Waals surface area contributed by atoms with Gasteiger partial charge in [0.2, 0.25) is 0 Å². The fourth-order valence-electron chi connectivity index (χ4n) is 3.39. The first-order chi connectivity index (χ1) is 14.3. The van der Waals surface area contributed by atoms with E-state index in [0.717, 1.165) is 43.6 Å². The standard InChI is InChI=1S/C23H31N3O3/c1-3-24-23(25-14-16-28-21-11-9-20(27-2)10-12-21)26-17-19-13-15-29-22(19)18-7-5-4-6-8-18/h4-12,19,22H,3,13-17H2,1-2H3,(H2,24,25,26). The van der Waals surface area contributed by atoms with Gasteiger partial charge >= 0.3 is 0 Å². The SMILES string of the molecule is CCNC(=NCC1CCOC1c1ccccc1)NCCOc1ccc(OC)cc1. The number of hydrogen-bond donors (Lipinski definition) is 2. The van der Waals surface area contributed by atoms with Gasteiger partial charge in [0.25, 0.3) is 0 Å². The number of nitrogens with zero attached hydrogens (tertiary/aromatic N) is 1. The predicted octanol–water partition coefficient (Wildman–Crippen LogP) is 3.41. The first-order valence-corrected chi connectivity index (χ1v) is 10.3. The summed E-state index contributed by atoms with van der Waals surface area (Å²) in [5.41, 5.74) is 1.23. The molecule has 0 aromatic heterocycles. The van der Waals surface area contributed by atoms with E-state index in [2.05, 4.69) is 41.8 Å². The van der Waals surface area contributed by atoms with Crippen LogP contribution in [0, 0.1) is 5.92 Å². The highest BCUT2D eigenvalue weighted by Crippen LogP contribution is 2.34. The van der Waals surface area contributed by atoms with Gasteiger partial charge in [0.1, 0.15) is 18.1 Å². The summed E-state index contributed by atoms with van der Waals surface area (Å²) in [6.07, 6.45) is 1.16. The van der Waals surface area contributed by atoms with E-state index in [1.165, 1.54) is 5.56 Å². The zero-order chi connectivity index (χ0) is 20.3. The zero-order valence-electron chi connectivity index (χ0n) is 17.3. The lowest BCUT2D eigenvalue weighted by Crippen LogP contribution is -2.39. The molecule has 2 aromatic rings. The third-order valence-corrected chi connectivity index (χ3v) is 4.89. The lowest BCUT2D eigenvalue weighted by Gasteiger charge is -2.18. The fourth-order valence-corrected chi connectivity index (χ4v) is 3.39. The van der Waals surface area contributed by atoms with Crippen LogP contribution in [-0.2, 0) is 4.74 Å². The molecule has 0 bridgehead atoms. The van der Waals surface area contributed by atoms with Gasteiger partial charge in [-0.25, -0.2) is 0 Å². The fraction of sp³-hybridized carbons (Fsp3) is 0.435. The second-order valence-corrected chi connectivity index (χ2v) is 6.92. The number of aliphatic imine (C=N–C) groups is 1. The maximum atomic E-state index is 5.97. The highest BCUT2D eigenvalue weighted by molar-refractivity contribution is 5.79. The maximum absolute atomic E-state index is 5.97. The molecule has 6 heteroatoms. The third-order valence-electron chi connectivity index (χ3n) is 4.89. The predicted molar refractivity (Wildman–Crippen MR) is 116 cm³/mol. The van der Waals surface area contributed by atoms with Crippen LogP contribution in [0.1, 0.15) is 25.0 Å². The Bertz CT molecular complexity index is 750. The molecule has 1 heterocycles. The van der Waals surface area contributed by atoms with Crippen molar-refractivity contribution >= 4 is 5.96 Å². The Kier molecular flexibility index (Phi) is 8.19. The normalized spacial score (nSPS) is 19.0. The van der Waals surface area contributed by atoms with Gasteiger partial charge in [0, 0.05) is 25.6 Å². The average molecular weight is 398 g/mol. The lowest BCUT2D eigenvalue weighted by molar-refractivity contribution is 0.0925. The van der Waals surface area contributed by atoms with Gasteiger partial charge in [-0.2, -0.15) is 0 Å². The van der Waals surface area contributed by atoms with Crippen LogP contribution in [0.5, 0.6) is 11.5 Å². The van der Waals surface area contributed by atoms with Crippen LogP contribution in [0.2, 0.25) is 0 Å². The summed E-state index contributed by atoms with van der Waals surface area (Å²) < 4.78 is 16.9. The summed E-state index contributed by atoms with van der Waals surface area (Å²) in [7, 11) is 1.65. The van der Waals surface area contributed by atoms with Crippen molar-refractivity contribution in [3.8, 4) is 11.5 Å². The molecular formula is C23H31N3O3. The molecule has 2 N–H and O–H groups in total. The van der Waals surface area contributed by atoms with Gasteiger partial charge < -0.3 is 24.8 Å². The molecule has 0 saturated carbocycles. The number of benzene rings is 2. The second-order valence-electron chi connectivity index (χ2n) is 6.92. The summed E-state index contributed by atoms with van der Waals surface area (Å²) >= 11 is 0. The number of guanidine groups is 1. The molecule has 1 saturated heterocycles. The van der Waals surface area contributed by atoms with Crippen molar-refractivity contribution in [2.24, 2.45) is 10.9 Å². The van der Waals surface area contributed by atoms with E-state index in [4.69, 9.17) is 19.2 Å². The summed E-state index contributed by atoms with van der Waals surface area (Å²) in [6, 6.07) is 18.0. The van der Waals surface area contributed by atoms with E-state index in [9.17, 15) is 0 Å². The Hall–Kier alpha value is -2.73. The van der Waals surface area contributed by atoms with Crippen LogP contribution >= 0.6 is 0 Å². The number of nitrogens with one attached hydrogen (secondary N) is 2. The van der Waals surface area contributed by atoms with Crippen molar-refractivity contribution < 1.29 is 14.2 Å². The Morgan fingerprint density at radius 2 is 1.83 bits per heavy atom. The van der Waals surface area contributed by atoms with Gasteiger partial charge in [-0.15, -0.1) is 0 Å². The molecule has 0 aliphatic carbocycles. The van der Waals surface area contributed by atoms with Crippen LogP contribution in [0.25, 0.3) is 0 Å². The zero-order valence-corrected chi connectivity index (χ0v) is 17.3. The lowest BCUT2D eigenvalue weighted by atomic mass is 9.95. The van der Waals surface area contributed by atoms with Crippen molar-refractivity contribution in [1.29, 1.82) is 0 Å². The van der Waals surface area contributed by atoms with Crippen LogP contribution in [0.4, 0.5) is 0 Å². The molecule has 3 rings (SSSR count). The Balaban J connectivity index is 1.47. The van der Waals surface area contributed by atoms with E-state index in [0.29, 0.717) is 19.1 Å². The van der Waals surface area contributed by atoms with E-state index in [1.807, 2.05) is 30.3 Å². The summed E-state index contributed by atoms with van der Waals surface area (Å²) in [5, 5.41) is 6.64. The molecule has 2 unspecified atom stereocenters. The van der Waals surface area contributed by atoms with Crippen molar-refractivity contribution in [3.05, 3.63) is 60.2 Å². The molecule has 156 valence electrons. The maximum Gasteiger partial charge on any atom is 0.191 e. The summed E-state index contributed by atoms with van der Waals surface area (Å²) in [4.78, 5) is 4.78. The van der Waals surface area contributed by atoms with Crippen molar-refractivity contribution in [1.82, 2.24) is 10.6 Å².